The van der Waals surface area contributed by atoms with E-state index in [4.69, 9.17) is 5.11 Å². The molecule has 136 valence electrons. The average Bonchev–Trinajstić information content (AvgIpc) is 2.67. The molecule has 0 heterocycles. The second kappa shape index (κ2) is 10.8. The number of ketones is 1. The molecule has 1 unspecified atom stereocenters. The largest absolute Gasteiger partial charge is 0.397 e. The van der Waals surface area contributed by atoms with Crippen LogP contribution in [-0.2, 0) is 10.2 Å². The second-order valence-electron chi connectivity index (χ2n) is 6.12. The standard InChI is InChI=1S/C20H25NO.C2H6O/c1-4-19(22)20(15-16(2)21-3,17-11-7-5-8-12-17)18-13-9-6-10-14-18;1-2-3/h5-14,16,21H,4,15H2,1-3H3;3H,2H2,1H3. The van der Waals surface area contributed by atoms with Crippen LogP contribution in [-0.4, -0.2) is 30.6 Å². The van der Waals surface area contributed by atoms with Crippen LogP contribution >= 0.6 is 0 Å². The summed E-state index contributed by atoms with van der Waals surface area (Å²) in [5.41, 5.74) is 1.57. The van der Waals surface area contributed by atoms with E-state index in [2.05, 4.69) is 36.5 Å². The molecule has 3 nitrogen and oxygen atoms in total. The minimum atomic E-state index is -0.584. The summed E-state index contributed by atoms with van der Waals surface area (Å²) in [5, 5.41) is 10.9. The molecule has 0 aliphatic carbocycles. The maximum Gasteiger partial charge on any atom is 0.147 e. The lowest BCUT2D eigenvalue weighted by Gasteiger charge is -2.36. The van der Waals surface area contributed by atoms with Crippen LogP contribution in [0.25, 0.3) is 0 Å². The Morgan fingerprint density at radius 1 is 1.00 bits per heavy atom. The fraction of sp³-hybridized carbons (Fsp3) is 0.409. The first-order chi connectivity index (χ1) is 12.1. The first-order valence-corrected chi connectivity index (χ1v) is 8.99. The smallest absolute Gasteiger partial charge is 0.147 e. The highest BCUT2D eigenvalue weighted by molar-refractivity contribution is 5.93. The van der Waals surface area contributed by atoms with Crippen molar-refractivity contribution < 1.29 is 9.90 Å². The Morgan fingerprint density at radius 2 is 1.40 bits per heavy atom. The molecular formula is C22H31NO2. The minimum Gasteiger partial charge on any atom is -0.397 e. The monoisotopic (exact) mass is 341 g/mol. The predicted octanol–water partition coefficient (Wildman–Crippen LogP) is 3.95. The van der Waals surface area contributed by atoms with E-state index < -0.39 is 5.41 Å². The summed E-state index contributed by atoms with van der Waals surface area (Å²) in [4.78, 5) is 13.1. The Bertz CT molecular complexity index is 571. The fourth-order valence-corrected chi connectivity index (χ4v) is 3.15. The molecule has 1 atom stereocenters. The number of rotatable bonds is 7. The molecule has 2 aromatic rings. The van der Waals surface area contributed by atoms with Gasteiger partial charge in [0.15, 0.2) is 0 Å². The lowest BCUT2D eigenvalue weighted by atomic mass is 9.67. The Kier molecular flexibility index (Phi) is 9.11. The molecule has 2 N–H and O–H groups in total. The maximum atomic E-state index is 13.1. The van der Waals surface area contributed by atoms with E-state index in [0.29, 0.717) is 6.42 Å². The lowest BCUT2D eigenvalue weighted by molar-refractivity contribution is -0.123. The lowest BCUT2D eigenvalue weighted by Crippen LogP contribution is -2.42. The molecular weight excluding hydrogens is 310 g/mol. The van der Waals surface area contributed by atoms with Crippen molar-refractivity contribution in [2.24, 2.45) is 0 Å². The van der Waals surface area contributed by atoms with Gasteiger partial charge in [-0.15, -0.1) is 0 Å². The molecule has 2 aromatic carbocycles. The maximum absolute atomic E-state index is 13.1. The second-order valence-corrected chi connectivity index (χ2v) is 6.12. The number of hydrogen-bond donors (Lipinski definition) is 2. The van der Waals surface area contributed by atoms with Gasteiger partial charge in [-0.25, -0.2) is 0 Å². The van der Waals surface area contributed by atoms with Crippen molar-refractivity contribution in [2.45, 2.75) is 45.1 Å². The van der Waals surface area contributed by atoms with Gasteiger partial charge in [0.05, 0.1) is 5.41 Å². The van der Waals surface area contributed by atoms with Gasteiger partial charge in [0.1, 0.15) is 5.78 Å². The highest BCUT2D eigenvalue weighted by Gasteiger charge is 2.41. The Morgan fingerprint density at radius 3 is 1.72 bits per heavy atom. The van der Waals surface area contributed by atoms with Crippen molar-refractivity contribution in [2.75, 3.05) is 13.7 Å². The summed E-state index contributed by atoms with van der Waals surface area (Å²) < 4.78 is 0. The van der Waals surface area contributed by atoms with Crippen molar-refractivity contribution >= 4 is 5.78 Å². The van der Waals surface area contributed by atoms with Gasteiger partial charge in [-0.3, -0.25) is 4.79 Å². The van der Waals surface area contributed by atoms with Crippen LogP contribution in [0.15, 0.2) is 60.7 Å². The summed E-state index contributed by atoms with van der Waals surface area (Å²) in [7, 11) is 1.95. The van der Waals surface area contributed by atoms with Gasteiger partial charge >= 0.3 is 0 Å². The third-order valence-corrected chi connectivity index (χ3v) is 4.44. The van der Waals surface area contributed by atoms with Gasteiger partial charge in [0.2, 0.25) is 0 Å². The Balaban J connectivity index is 0.000000970. The number of nitrogens with one attached hydrogen (secondary N) is 1. The van der Waals surface area contributed by atoms with E-state index in [0.717, 1.165) is 17.5 Å². The zero-order chi connectivity index (χ0) is 18.7. The third kappa shape index (κ3) is 5.25. The third-order valence-electron chi connectivity index (χ3n) is 4.44. The van der Waals surface area contributed by atoms with Crippen LogP contribution in [0.2, 0.25) is 0 Å². The molecule has 0 saturated carbocycles. The predicted molar refractivity (Wildman–Crippen MR) is 105 cm³/mol. The summed E-state index contributed by atoms with van der Waals surface area (Å²) >= 11 is 0. The number of aliphatic hydroxyl groups is 1. The van der Waals surface area contributed by atoms with E-state index >= 15 is 0 Å². The van der Waals surface area contributed by atoms with Gasteiger partial charge < -0.3 is 10.4 Å². The first kappa shape index (κ1) is 21.1. The zero-order valence-electron chi connectivity index (χ0n) is 15.8. The van der Waals surface area contributed by atoms with Gasteiger partial charge in [-0.05, 0) is 38.4 Å². The van der Waals surface area contributed by atoms with Crippen LogP contribution in [0.1, 0.15) is 44.7 Å². The summed E-state index contributed by atoms with van der Waals surface area (Å²) in [5.74, 6) is 0.270. The molecule has 3 heteroatoms. The van der Waals surface area contributed by atoms with E-state index in [1.165, 1.54) is 0 Å². The Labute approximate surface area is 152 Å². The number of Topliss-reactive ketones (excluding diaryl/α,β-unsaturated/α-hetero) is 1. The normalized spacial score (nSPS) is 12.0. The van der Waals surface area contributed by atoms with Crippen LogP contribution in [0.4, 0.5) is 0 Å². The minimum absolute atomic E-state index is 0.246. The summed E-state index contributed by atoms with van der Waals surface area (Å²) in [6.07, 6.45) is 1.28. The highest BCUT2D eigenvalue weighted by Crippen LogP contribution is 2.38. The van der Waals surface area contributed by atoms with E-state index in [1.54, 1.807) is 6.92 Å². The Hall–Kier alpha value is -1.97. The highest BCUT2D eigenvalue weighted by atomic mass is 16.2. The SMILES string of the molecule is CCC(=O)C(CC(C)NC)(c1ccccc1)c1ccccc1.CCO. The summed E-state index contributed by atoms with van der Waals surface area (Å²) in [6.45, 7) is 6.01. The number of benzene rings is 2. The van der Waals surface area contributed by atoms with Crippen molar-refractivity contribution in [3.05, 3.63) is 71.8 Å². The van der Waals surface area contributed by atoms with Gasteiger partial charge in [-0.2, -0.15) is 0 Å². The van der Waals surface area contributed by atoms with Crippen molar-refractivity contribution in [1.29, 1.82) is 0 Å². The molecule has 0 aromatic heterocycles. The van der Waals surface area contributed by atoms with Crippen LogP contribution in [0, 0.1) is 0 Å². The quantitative estimate of drug-likeness (QED) is 0.802. The van der Waals surface area contributed by atoms with Gasteiger partial charge in [-0.1, -0.05) is 67.6 Å². The molecule has 0 fully saturated rings. The molecule has 0 aliphatic heterocycles. The van der Waals surface area contributed by atoms with Gasteiger partial charge in [0, 0.05) is 19.1 Å². The van der Waals surface area contributed by atoms with Gasteiger partial charge in [0.25, 0.3) is 0 Å². The van der Waals surface area contributed by atoms with Crippen LogP contribution in [0.3, 0.4) is 0 Å². The zero-order valence-corrected chi connectivity index (χ0v) is 15.8. The van der Waals surface area contributed by atoms with Crippen LogP contribution < -0.4 is 5.32 Å². The number of carbonyl (C=O) groups is 1. The van der Waals surface area contributed by atoms with Crippen LogP contribution in [0.5, 0.6) is 0 Å². The molecule has 0 radical (unpaired) electrons. The topological polar surface area (TPSA) is 49.3 Å². The molecule has 0 amide bonds. The van der Waals surface area contributed by atoms with Crippen molar-refractivity contribution in [3.8, 4) is 0 Å². The summed E-state index contributed by atoms with van der Waals surface area (Å²) in [6, 6.07) is 20.6. The van der Waals surface area contributed by atoms with E-state index in [-0.39, 0.29) is 18.4 Å². The fourth-order valence-electron chi connectivity index (χ4n) is 3.15. The van der Waals surface area contributed by atoms with E-state index in [9.17, 15) is 4.79 Å². The number of carbonyl (C=O) groups excluding carboxylic acids is 1. The molecule has 0 saturated heterocycles. The molecule has 0 aliphatic rings. The number of hydrogen-bond acceptors (Lipinski definition) is 3. The average molecular weight is 341 g/mol. The van der Waals surface area contributed by atoms with Crippen molar-refractivity contribution in [1.82, 2.24) is 5.32 Å². The molecule has 0 spiro atoms. The van der Waals surface area contributed by atoms with E-state index in [1.807, 2.05) is 50.4 Å². The molecule has 25 heavy (non-hydrogen) atoms. The first-order valence-electron chi connectivity index (χ1n) is 8.99. The molecule has 0 bridgehead atoms. The number of aliphatic hydroxyl groups excluding tert-OH is 1. The van der Waals surface area contributed by atoms with Crippen molar-refractivity contribution in [3.63, 3.8) is 0 Å². The molecule has 2 rings (SSSR count).